The summed E-state index contributed by atoms with van der Waals surface area (Å²) in [6, 6.07) is 3.61. The SMILES string of the molecule is N#Cc1ccnc(NCC2CCC(=O)N2)n1. The smallest absolute Gasteiger partial charge is 0.223 e. The van der Waals surface area contributed by atoms with Crippen LogP contribution in [0.25, 0.3) is 0 Å². The van der Waals surface area contributed by atoms with Gasteiger partial charge in [-0.25, -0.2) is 9.97 Å². The summed E-state index contributed by atoms with van der Waals surface area (Å²) in [5.74, 6) is 0.499. The fourth-order valence-corrected chi connectivity index (χ4v) is 1.55. The summed E-state index contributed by atoms with van der Waals surface area (Å²) in [6.45, 7) is 0.584. The number of anilines is 1. The molecular formula is C10H11N5O. The van der Waals surface area contributed by atoms with Gasteiger partial charge in [0.2, 0.25) is 11.9 Å². The van der Waals surface area contributed by atoms with E-state index in [0.29, 0.717) is 24.6 Å². The summed E-state index contributed by atoms with van der Waals surface area (Å²) in [5, 5.41) is 14.5. The number of hydrogen-bond acceptors (Lipinski definition) is 5. The molecule has 0 aliphatic carbocycles. The first-order valence-corrected chi connectivity index (χ1v) is 5.04. The number of nitrogens with zero attached hydrogens (tertiary/aromatic N) is 3. The van der Waals surface area contributed by atoms with Crippen LogP contribution in [-0.4, -0.2) is 28.5 Å². The van der Waals surface area contributed by atoms with Gasteiger partial charge >= 0.3 is 0 Å². The topological polar surface area (TPSA) is 90.7 Å². The molecule has 1 aliphatic rings. The van der Waals surface area contributed by atoms with E-state index in [-0.39, 0.29) is 11.9 Å². The number of rotatable bonds is 3. The molecule has 1 aromatic heterocycles. The van der Waals surface area contributed by atoms with Crippen molar-refractivity contribution in [3.05, 3.63) is 18.0 Å². The highest BCUT2D eigenvalue weighted by atomic mass is 16.1. The quantitative estimate of drug-likeness (QED) is 0.745. The van der Waals surface area contributed by atoms with Crippen LogP contribution in [0, 0.1) is 11.3 Å². The van der Waals surface area contributed by atoms with Gasteiger partial charge in [-0.05, 0) is 12.5 Å². The first-order chi connectivity index (χ1) is 7.78. The molecule has 1 saturated heterocycles. The van der Waals surface area contributed by atoms with Gasteiger partial charge in [-0.1, -0.05) is 0 Å². The Hall–Kier alpha value is -2.16. The van der Waals surface area contributed by atoms with Crippen molar-refractivity contribution in [3.63, 3.8) is 0 Å². The molecule has 2 rings (SSSR count). The molecule has 2 heterocycles. The van der Waals surface area contributed by atoms with Gasteiger partial charge in [0.1, 0.15) is 11.8 Å². The Morgan fingerprint density at radius 3 is 3.25 bits per heavy atom. The van der Waals surface area contributed by atoms with Crippen LogP contribution in [0.5, 0.6) is 0 Å². The van der Waals surface area contributed by atoms with Crippen LogP contribution in [0.2, 0.25) is 0 Å². The van der Waals surface area contributed by atoms with E-state index in [1.165, 1.54) is 6.20 Å². The fraction of sp³-hybridized carbons (Fsp3) is 0.400. The first kappa shape index (κ1) is 10.4. The second kappa shape index (κ2) is 4.57. The van der Waals surface area contributed by atoms with Gasteiger partial charge in [-0.15, -0.1) is 0 Å². The van der Waals surface area contributed by atoms with Crippen molar-refractivity contribution in [2.24, 2.45) is 0 Å². The zero-order valence-corrected chi connectivity index (χ0v) is 8.60. The predicted molar refractivity (Wildman–Crippen MR) is 56.4 cm³/mol. The van der Waals surface area contributed by atoms with E-state index in [2.05, 4.69) is 20.6 Å². The van der Waals surface area contributed by atoms with Gasteiger partial charge in [-0.3, -0.25) is 4.79 Å². The van der Waals surface area contributed by atoms with Crippen molar-refractivity contribution in [1.29, 1.82) is 5.26 Å². The molecule has 16 heavy (non-hydrogen) atoms. The Kier molecular flexibility index (Phi) is 2.96. The minimum atomic E-state index is 0.0819. The predicted octanol–water partition coefficient (Wildman–Crippen LogP) is 0.0388. The highest BCUT2D eigenvalue weighted by molar-refractivity contribution is 5.78. The molecule has 0 aromatic carbocycles. The lowest BCUT2D eigenvalue weighted by Crippen LogP contribution is -2.32. The van der Waals surface area contributed by atoms with E-state index in [4.69, 9.17) is 5.26 Å². The number of aromatic nitrogens is 2. The number of carbonyl (C=O) groups is 1. The molecule has 1 fully saturated rings. The van der Waals surface area contributed by atoms with Crippen molar-refractivity contribution < 1.29 is 4.79 Å². The van der Waals surface area contributed by atoms with Crippen LogP contribution in [-0.2, 0) is 4.79 Å². The molecule has 0 saturated carbocycles. The molecule has 2 N–H and O–H groups in total. The van der Waals surface area contributed by atoms with E-state index < -0.39 is 0 Å². The lowest BCUT2D eigenvalue weighted by Gasteiger charge is -2.10. The molecule has 6 heteroatoms. The van der Waals surface area contributed by atoms with Crippen molar-refractivity contribution in [3.8, 4) is 6.07 Å². The minimum Gasteiger partial charge on any atom is -0.352 e. The number of nitriles is 1. The summed E-state index contributed by atoms with van der Waals surface area (Å²) in [4.78, 5) is 18.9. The largest absolute Gasteiger partial charge is 0.352 e. The number of amides is 1. The number of carbonyl (C=O) groups excluding carboxylic acids is 1. The minimum absolute atomic E-state index is 0.0819. The van der Waals surface area contributed by atoms with Gasteiger partial charge in [-0.2, -0.15) is 5.26 Å². The van der Waals surface area contributed by atoms with Crippen LogP contribution < -0.4 is 10.6 Å². The van der Waals surface area contributed by atoms with Gasteiger partial charge in [0.15, 0.2) is 0 Å². The lowest BCUT2D eigenvalue weighted by atomic mass is 10.2. The summed E-state index contributed by atoms with van der Waals surface area (Å²) in [6.07, 6.45) is 2.93. The molecule has 1 atom stereocenters. The summed E-state index contributed by atoms with van der Waals surface area (Å²) in [7, 11) is 0. The van der Waals surface area contributed by atoms with Crippen molar-refractivity contribution in [1.82, 2.24) is 15.3 Å². The Bertz CT molecular complexity index is 439. The average molecular weight is 217 g/mol. The summed E-state index contributed by atoms with van der Waals surface area (Å²) in [5.41, 5.74) is 0.327. The van der Waals surface area contributed by atoms with Crippen LogP contribution in [0.3, 0.4) is 0 Å². The molecular weight excluding hydrogens is 206 g/mol. The lowest BCUT2D eigenvalue weighted by molar-refractivity contribution is -0.119. The molecule has 1 aliphatic heterocycles. The maximum atomic E-state index is 11.0. The monoisotopic (exact) mass is 217 g/mol. The normalized spacial score (nSPS) is 18.9. The Morgan fingerprint density at radius 2 is 2.56 bits per heavy atom. The maximum Gasteiger partial charge on any atom is 0.223 e. The highest BCUT2D eigenvalue weighted by Crippen LogP contribution is 2.07. The molecule has 1 amide bonds. The fourth-order valence-electron chi connectivity index (χ4n) is 1.55. The summed E-state index contributed by atoms with van der Waals surface area (Å²) >= 11 is 0. The third-order valence-corrected chi connectivity index (χ3v) is 2.36. The average Bonchev–Trinajstić information content (AvgIpc) is 2.73. The summed E-state index contributed by atoms with van der Waals surface area (Å²) < 4.78 is 0. The maximum absolute atomic E-state index is 11.0. The first-order valence-electron chi connectivity index (χ1n) is 5.04. The third-order valence-electron chi connectivity index (χ3n) is 2.36. The van der Waals surface area contributed by atoms with Gasteiger partial charge in [0.05, 0.1) is 0 Å². The van der Waals surface area contributed by atoms with Crippen LogP contribution >= 0.6 is 0 Å². The zero-order chi connectivity index (χ0) is 11.4. The number of nitrogens with one attached hydrogen (secondary N) is 2. The molecule has 6 nitrogen and oxygen atoms in total. The zero-order valence-electron chi connectivity index (χ0n) is 8.60. The molecule has 1 aromatic rings. The van der Waals surface area contributed by atoms with Crippen LogP contribution in [0.4, 0.5) is 5.95 Å². The molecule has 0 radical (unpaired) electrons. The molecule has 1 unspecified atom stereocenters. The number of hydrogen-bond donors (Lipinski definition) is 2. The Morgan fingerprint density at radius 1 is 1.69 bits per heavy atom. The molecule has 82 valence electrons. The van der Waals surface area contributed by atoms with Gasteiger partial charge in [0, 0.05) is 25.2 Å². The van der Waals surface area contributed by atoms with Crippen LogP contribution in [0.15, 0.2) is 12.3 Å². The van der Waals surface area contributed by atoms with Gasteiger partial charge < -0.3 is 10.6 Å². The standard InChI is InChI=1S/C10H11N5O/c11-5-7-3-4-12-10(15-7)13-6-8-1-2-9(16)14-8/h3-4,8H,1-2,6H2,(H,14,16)(H,12,13,15). The van der Waals surface area contributed by atoms with Crippen LogP contribution in [0.1, 0.15) is 18.5 Å². The molecule has 0 bridgehead atoms. The second-order valence-corrected chi connectivity index (χ2v) is 3.56. The van der Waals surface area contributed by atoms with Crippen molar-refractivity contribution in [2.75, 3.05) is 11.9 Å². The van der Waals surface area contributed by atoms with Crippen molar-refractivity contribution in [2.45, 2.75) is 18.9 Å². The third kappa shape index (κ3) is 2.45. The van der Waals surface area contributed by atoms with E-state index in [1.807, 2.05) is 6.07 Å². The Balaban J connectivity index is 1.90. The van der Waals surface area contributed by atoms with E-state index in [1.54, 1.807) is 6.07 Å². The highest BCUT2D eigenvalue weighted by Gasteiger charge is 2.20. The van der Waals surface area contributed by atoms with Crippen molar-refractivity contribution >= 4 is 11.9 Å². The van der Waals surface area contributed by atoms with E-state index in [0.717, 1.165) is 6.42 Å². The second-order valence-electron chi connectivity index (χ2n) is 3.56. The van der Waals surface area contributed by atoms with Gasteiger partial charge in [0.25, 0.3) is 0 Å². The van der Waals surface area contributed by atoms with E-state index >= 15 is 0 Å². The van der Waals surface area contributed by atoms with E-state index in [9.17, 15) is 4.79 Å². The molecule has 0 spiro atoms. The Labute approximate surface area is 92.7 Å².